The highest BCUT2D eigenvalue weighted by molar-refractivity contribution is 6.36. The van der Waals surface area contributed by atoms with Crippen LogP contribution in [0.25, 0.3) is 10.8 Å². The highest BCUT2D eigenvalue weighted by atomic mass is 35.5. The standard InChI is InChI=1S/C9H7ClFN3/c10-8-5(11)2-1-4-3-6(12)14-9(13)7(4)8/h1-3H,(H4,12,13,14). The Kier molecular flexibility index (Phi) is 1.93. The van der Waals surface area contributed by atoms with Crippen molar-refractivity contribution < 1.29 is 4.39 Å². The molecule has 0 aliphatic carbocycles. The van der Waals surface area contributed by atoms with Gasteiger partial charge in [-0.3, -0.25) is 0 Å². The van der Waals surface area contributed by atoms with Gasteiger partial charge in [-0.2, -0.15) is 0 Å². The van der Waals surface area contributed by atoms with Gasteiger partial charge in [-0.15, -0.1) is 0 Å². The molecule has 0 unspecified atom stereocenters. The highest BCUT2D eigenvalue weighted by Gasteiger charge is 2.09. The molecular formula is C9H7ClFN3. The molecule has 0 aliphatic heterocycles. The van der Waals surface area contributed by atoms with E-state index in [-0.39, 0.29) is 16.7 Å². The number of fused-ring (bicyclic) bond motifs is 1. The molecule has 0 saturated heterocycles. The summed E-state index contributed by atoms with van der Waals surface area (Å²) in [5, 5.41) is 1.06. The second kappa shape index (κ2) is 2.99. The Morgan fingerprint density at radius 3 is 2.71 bits per heavy atom. The molecule has 0 aliphatic rings. The van der Waals surface area contributed by atoms with E-state index in [9.17, 15) is 4.39 Å². The minimum absolute atomic E-state index is 0.0208. The first-order valence-corrected chi connectivity index (χ1v) is 4.27. The summed E-state index contributed by atoms with van der Waals surface area (Å²) in [4.78, 5) is 3.81. The fourth-order valence-corrected chi connectivity index (χ4v) is 1.60. The van der Waals surface area contributed by atoms with Gasteiger partial charge >= 0.3 is 0 Å². The lowest BCUT2D eigenvalue weighted by Gasteiger charge is -2.05. The van der Waals surface area contributed by atoms with Gasteiger partial charge in [-0.05, 0) is 17.5 Å². The lowest BCUT2D eigenvalue weighted by molar-refractivity contribution is 0.630. The van der Waals surface area contributed by atoms with Crippen LogP contribution in [0.3, 0.4) is 0 Å². The average Bonchev–Trinajstić information content (AvgIpc) is 2.10. The number of hydrogen-bond donors (Lipinski definition) is 2. The molecule has 72 valence electrons. The number of halogens is 2. The van der Waals surface area contributed by atoms with Crippen LogP contribution < -0.4 is 11.5 Å². The lowest BCUT2D eigenvalue weighted by Crippen LogP contribution is -1.98. The Bertz CT molecular complexity index is 513. The maximum atomic E-state index is 13.1. The number of benzene rings is 1. The van der Waals surface area contributed by atoms with Crippen LogP contribution in [0, 0.1) is 5.82 Å². The maximum absolute atomic E-state index is 13.1. The Hall–Kier alpha value is -1.55. The molecule has 0 amide bonds. The first kappa shape index (κ1) is 9.02. The zero-order valence-corrected chi connectivity index (χ0v) is 7.85. The van der Waals surface area contributed by atoms with Crippen molar-refractivity contribution in [2.75, 3.05) is 11.5 Å². The Balaban J connectivity index is 2.95. The predicted octanol–water partition coefficient (Wildman–Crippen LogP) is 2.19. The van der Waals surface area contributed by atoms with Gasteiger partial charge in [0.25, 0.3) is 0 Å². The molecule has 5 heteroatoms. The summed E-state index contributed by atoms with van der Waals surface area (Å²) in [6.07, 6.45) is 0. The largest absolute Gasteiger partial charge is 0.384 e. The van der Waals surface area contributed by atoms with E-state index in [1.165, 1.54) is 6.07 Å². The summed E-state index contributed by atoms with van der Waals surface area (Å²) in [6, 6.07) is 4.42. The van der Waals surface area contributed by atoms with Crippen LogP contribution >= 0.6 is 11.6 Å². The molecule has 0 fully saturated rings. The number of anilines is 2. The van der Waals surface area contributed by atoms with Crippen LogP contribution in [-0.2, 0) is 0 Å². The van der Waals surface area contributed by atoms with E-state index in [4.69, 9.17) is 23.1 Å². The molecule has 2 rings (SSSR count). The SMILES string of the molecule is Nc1cc2ccc(F)c(Cl)c2c(N)n1. The number of aromatic nitrogens is 1. The van der Waals surface area contributed by atoms with Crippen molar-refractivity contribution in [2.45, 2.75) is 0 Å². The monoisotopic (exact) mass is 211 g/mol. The normalized spacial score (nSPS) is 10.7. The third kappa shape index (κ3) is 1.24. The van der Waals surface area contributed by atoms with E-state index in [0.717, 1.165) is 0 Å². The zero-order chi connectivity index (χ0) is 10.3. The molecule has 14 heavy (non-hydrogen) atoms. The van der Waals surface area contributed by atoms with Crippen LogP contribution in [0.5, 0.6) is 0 Å². The van der Waals surface area contributed by atoms with E-state index < -0.39 is 5.82 Å². The summed E-state index contributed by atoms with van der Waals surface area (Å²) in [7, 11) is 0. The Morgan fingerprint density at radius 1 is 1.29 bits per heavy atom. The van der Waals surface area contributed by atoms with Gasteiger partial charge in [0, 0.05) is 5.39 Å². The summed E-state index contributed by atoms with van der Waals surface area (Å²) in [6.45, 7) is 0. The quantitative estimate of drug-likeness (QED) is 0.702. The third-order valence-corrected chi connectivity index (χ3v) is 2.31. The van der Waals surface area contributed by atoms with Crippen molar-refractivity contribution in [3.8, 4) is 0 Å². The number of nitrogen functional groups attached to an aromatic ring is 2. The minimum Gasteiger partial charge on any atom is -0.384 e. The van der Waals surface area contributed by atoms with Crippen molar-refractivity contribution in [3.63, 3.8) is 0 Å². The van der Waals surface area contributed by atoms with Crippen LogP contribution in [0.15, 0.2) is 18.2 Å². The van der Waals surface area contributed by atoms with Gasteiger partial charge in [-0.1, -0.05) is 17.7 Å². The first-order chi connectivity index (χ1) is 6.59. The van der Waals surface area contributed by atoms with Crippen molar-refractivity contribution in [1.82, 2.24) is 4.98 Å². The molecule has 0 radical (unpaired) electrons. The van der Waals surface area contributed by atoms with Gasteiger partial charge < -0.3 is 11.5 Å². The number of rotatable bonds is 0. The van der Waals surface area contributed by atoms with E-state index >= 15 is 0 Å². The third-order valence-electron chi connectivity index (χ3n) is 1.94. The molecule has 3 nitrogen and oxygen atoms in total. The molecule has 1 aromatic heterocycles. The Morgan fingerprint density at radius 2 is 2.00 bits per heavy atom. The fraction of sp³-hybridized carbons (Fsp3) is 0. The molecule has 1 aromatic carbocycles. The predicted molar refractivity (Wildman–Crippen MR) is 55.5 cm³/mol. The van der Waals surface area contributed by atoms with Gasteiger partial charge in [0.2, 0.25) is 0 Å². The molecule has 0 atom stereocenters. The van der Waals surface area contributed by atoms with Crippen LogP contribution in [0.2, 0.25) is 5.02 Å². The fourth-order valence-electron chi connectivity index (χ4n) is 1.33. The average molecular weight is 212 g/mol. The van der Waals surface area contributed by atoms with Gasteiger partial charge in [0.15, 0.2) is 0 Å². The maximum Gasteiger partial charge on any atom is 0.142 e. The van der Waals surface area contributed by atoms with Crippen molar-refractivity contribution in [2.24, 2.45) is 0 Å². The molecule has 1 heterocycles. The molecule has 4 N–H and O–H groups in total. The van der Waals surface area contributed by atoms with E-state index in [2.05, 4.69) is 4.98 Å². The highest BCUT2D eigenvalue weighted by Crippen LogP contribution is 2.30. The van der Waals surface area contributed by atoms with Crippen molar-refractivity contribution in [1.29, 1.82) is 0 Å². The summed E-state index contributed by atoms with van der Waals surface area (Å²) in [5.41, 5.74) is 11.1. The second-order valence-electron chi connectivity index (χ2n) is 2.89. The Labute approximate surface area is 84.5 Å². The number of nitrogens with zero attached hydrogens (tertiary/aromatic N) is 1. The number of pyridine rings is 1. The first-order valence-electron chi connectivity index (χ1n) is 3.89. The lowest BCUT2D eigenvalue weighted by atomic mass is 10.1. The molecule has 0 spiro atoms. The number of hydrogen-bond acceptors (Lipinski definition) is 3. The summed E-state index contributed by atoms with van der Waals surface area (Å²) in [5.74, 6) is -0.0837. The number of nitrogens with two attached hydrogens (primary N) is 2. The summed E-state index contributed by atoms with van der Waals surface area (Å²) < 4.78 is 13.1. The van der Waals surface area contributed by atoms with Crippen LogP contribution in [0.4, 0.5) is 16.0 Å². The van der Waals surface area contributed by atoms with Gasteiger partial charge in [0.1, 0.15) is 17.5 Å². The molecular weight excluding hydrogens is 205 g/mol. The molecule has 2 aromatic rings. The zero-order valence-electron chi connectivity index (χ0n) is 7.09. The second-order valence-corrected chi connectivity index (χ2v) is 3.27. The van der Waals surface area contributed by atoms with E-state index in [1.54, 1.807) is 12.1 Å². The minimum atomic E-state index is -0.516. The van der Waals surface area contributed by atoms with Crippen LogP contribution in [0.1, 0.15) is 0 Å². The van der Waals surface area contributed by atoms with Crippen molar-refractivity contribution in [3.05, 3.63) is 29.0 Å². The van der Waals surface area contributed by atoms with Crippen molar-refractivity contribution >= 4 is 34.0 Å². The smallest absolute Gasteiger partial charge is 0.142 e. The van der Waals surface area contributed by atoms with E-state index in [1.807, 2.05) is 0 Å². The molecule has 0 saturated carbocycles. The van der Waals surface area contributed by atoms with Gasteiger partial charge in [0.05, 0.1) is 5.02 Å². The van der Waals surface area contributed by atoms with Gasteiger partial charge in [-0.25, -0.2) is 9.37 Å². The van der Waals surface area contributed by atoms with Crippen LogP contribution in [-0.4, -0.2) is 4.98 Å². The van der Waals surface area contributed by atoms with E-state index in [0.29, 0.717) is 10.8 Å². The summed E-state index contributed by atoms with van der Waals surface area (Å²) >= 11 is 5.75. The molecule has 0 bridgehead atoms. The topological polar surface area (TPSA) is 64.9 Å².